The van der Waals surface area contributed by atoms with Crippen LogP contribution in [0.2, 0.25) is 0 Å². The van der Waals surface area contributed by atoms with Crippen molar-refractivity contribution >= 4 is 22.9 Å². The number of rotatable bonds is 7. The Morgan fingerprint density at radius 2 is 1.88 bits per heavy atom. The van der Waals surface area contributed by atoms with Crippen LogP contribution in [0.1, 0.15) is 32.8 Å². The molecule has 3 N–H and O–H groups in total. The second kappa shape index (κ2) is 8.60. The van der Waals surface area contributed by atoms with E-state index in [9.17, 15) is 9.59 Å². The van der Waals surface area contributed by atoms with Crippen LogP contribution >= 0.6 is 0 Å². The molecule has 2 aromatic rings. The van der Waals surface area contributed by atoms with Gasteiger partial charge in [-0.3, -0.25) is 4.79 Å². The number of aromatic nitrogens is 1. The van der Waals surface area contributed by atoms with E-state index in [0.29, 0.717) is 19.5 Å². The molecule has 26 heavy (non-hydrogen) atoms. The lowest BCUT2D eigenvalue weighted by atomic mass is 10.1. The third kappa shape index (κ3) is 5.98. The molecule has 0 saturated heterocycles. The molecule has 2 rings (SSSR count). The number of benzene rings is 1. The predicted octanol–water partition coefficient (Wildman–Crippen LogP) is 2.75. The molecule has 0 spiro atoms. The van der Waals surface area contributed by atoms with Gasteiger partial charge >= 0.3 is 6.09 Å². The number of carbonyl (C=O) groups excluding carboxylic acids is 2. The van der Waals surface area contributed by atoms with E-state index in [1.165, 1.54) is 0 Å². The average Bonchev–Trinajstić information content (AvgIpc) is 2.95. The summed E-state index contributed by atoms with van der Waals surface area (Å²) in [4.78, 5) is 26.8. The zero-order chi connectivity index (χ0) is 19.2. The van der Waals surface area contributed by atoms with E-state index in [-0.39, 0.29) is 12.3 Å². The third-order valence-electron chi connectivity index (χ3n) is 3.67. The summed E-state index contributed by atoms with van der Waals surface area (Å²) in [6, 6.07) is 5.72. The van der Waals surface area contributed by atoms with Gasteiger partial charge in [0.1, 0.15) is 11.4 Å². The second-order valence-electron chi connectivity index (χ2n) is 7.03. The summed E-state index contributed by atoms with van der Waals surface area (Å²) in [7, 11) is 1.62. The van der Waals surface area contributed by atoms with Gasteiger partial charge in [-0.1, -0.05) is 0 Å². The SMILES string of the molecule is COc1ccc2[nH]cc(CC(=O)NCCCNC(=O)OC(C)(C)C)c2c1. The molecular weight excluding hydrogens is 334 g/mol. The first-order chi connectivity index (χ1) is 12.3. The van der Waals surface area contributed by atoms with Crippen molar-refractivity contribution in [3.63, 3.8) is 0 Å². The van der Waals surface area contributed by atoms with E-state index in [0.717, 1.165) is 22.2 Å². The molecule has 1 heterocycles. The summed E-state index contributed by atoms with van der Waals surface area (Å²) in [6.07, 6.45) is 2.31. The highest BCUT2D eigenvalue weighted by atomic mass is 16.6. The number of alkyl carbamates (subject to hydrolysis) is 1. The summed E-state index contributed by atoms with van der Waals surface area (Å²) in [6.45, 7) is 6.37. The van der Waals surface area contributed by atoms with Crippen LogP contribution in [0.5, 0.6) is 5.75 Å². The molecule has 0 aliphatic carbocycles. The molecule has 0 aliphatic rings. The van der Waals surface area contributed by atoms with Crippen LogP contribution in [-0.2, 0) is 16.0 Å². The van der Waals surface area contributed by atoms with Gasteiger partial charge in [-0.2, -0.15) is 0 Å². The zero-order valence-corrected chi connectivity index (χ0v) is 15.8. The van der Waals surface area contributed by atoms with Gasteiger partial charge < -0.3 is 25.1 Å². The molecule has 0 unspecified atom stereocenters. The van der Waals surface area contributed by atoms with E-state index in [1.54, 1.807) is 7.11 Å². The minimum atomic E-state index is -0.514. The van der Waals surface area contributed by atoms with Crippen molar-refractivity contribution in [1.82, 2.24) is 15.6 Å². The fraction of sp³-hybridized carbons (Fsp3) is 0.474. The first-order valence-corrected chi connectivity index (χ1v) is 8.66. The number of carbonyl (C=O) groups is 2. The van der Waals surface area contributed by atoms with Crippen LogP contribution < -0.4 is 15.4 Å². The Morgan fingerprint density at radius 3 is 2.58 bits per heavy atom. The van der Waals surface area contributed by atoms with Gasteiger partial charge in [0.25, 0.3) is 0 Å². The number of methoxy groups -OCH3 is 1. The molecule has 0 radical (unpaired) electrons. The Kier molecular flexibility index (Phi) is 6.49. The molecule has 7 heteroatoms. The summed E-state index contributed by atoms with van der Waals surface area (Å²) in [5.41, 5.74) is 1.37. The van der Waals surface area contributed by atoms with Gasteiger partial charge in [0, 0.05) is 30.2 Å². The van der Waals surface area contributed by atoms with Crippen molar-refractivity contribution in [2.75, 3.05) is 20.2 Å². The number of hydrogen-bond donors (Lipinski definition) is 3. The molecule has 1 aromatic carbocycles. The van der Waals surface area contributed by atoms with Crippen LogP contribution in [-0.4, -0.2) is 42.8 Å². The Bertz CT molecular complexity index is 762. The minimum Gasteiger partial charge on any atom is -0.497 e. The van der Waals surface area contributed by atoms with Crippen LogP contribution in [0.3, 0.4) is 0 Å². The van der Waals surface area contributed by atoms with Gasteiger partial charge in [0.15, 0.2) is 0 Å². The van der Waals surface area contributed by atoms with Crippen molar-refractivity contribution < 1.29 is 19.1 Å². The lowest BCUT2D eigenvalue weighted by Gasteiger charge is -2.19. The lowest BCUT2D eigenvalue weighted by molar-refractivity contribution is -0.120. The number of hydrogen-bond acceptors (Lipinski definition) is 4. The largest absolute Gasteiger partial charge is 0.497 e. The maximum atomic E-state index is 12.1. The molecule has 0 aliphatic heterocycles. The number of H-pyrrole nitrogens is 1. The molecule has 0 atom stereocenters. The smallest absolute Gasteiger partial charge is 0.407 e. The maximum Gasteiger partial charge on any atom is 0.407 e. The Hall–Kier alpha value is -2.70. The molecule has 0 saturated carbocycles. The van der Waals surface area contributed by atoms with Crippen molar-refractivity contribution in [3.05, 3.63) is 30.0 Å². The summed E-state index contributed by atoms with van der Waals surface area (Å²) in [5.74, 6) is 0.693. The Labute approximate surface area is 153 Å². The monoisotopic (exact) mass is 361 g/mol. The highest BCUT2D eigenvalue weighted by molar-refractivity contribution is 5.89. The van der Waals surface area contributed by atoms with E-state index >= 15 is 0 Å². The standard InChI is InChI=1S/C19H27N3O4/c1-19(2,3)26-18(24)21-9-5-8-20-17(23)10-13-12-22-16-7-6-14(25-4)11-15(13)16/h6-7,11-12,22H,5,8-10H2,1-4H3,(H,20,23)(H,21,24). The zero-order valence-electron chi connectivity index (χ0n) is 15.8. The molecule has 142 valence electrons. The van der Waals surface area contributed by atoms with Crippen LogP contribution in [0, 0.1) is 0 Å². The van der Waals surface area contributed by atoms with Gasteiger partial charge in [-0.15, -0.1) is 0 Å². The van der Waals surface area contributed by atoms with Crippen molar-refractivity contribution in [3.8, 4) is 5.75 Å². The van der Waals surface area contributed by atoms with E-state index < -0.39 is 11.7 Å². The van der Waals surface area contributed by atoms with Gasteiger partial charge in [-0.05, 0) is 51.0 Å². The summed E-state index contributed by atoms with van der Waals surface area (Å²) >= 11 is 0. The fourth-order valence-corrected chi connectivity index (χ4v) is 2.49. The van der Waals surface area contributed by atoms with Crippen LogP contribution in [0.4, 0.5) is 4.79 Å². The molecule has 7 nitrogen and oxygen atoms in total. The molecule has 0 bridgehead atoms. The predicted molar refractivity (Wildman–Crippen MR) is 100 cm³/mol. The van der Waals surface area contributed by atoms with Gasteiger partial charge in [0.2, 0.25) is 5.91 Å². The first-order valence-electron chi connectivity index (χ1n) is 8.66. The molecule has 2 amide bonds. The van der Waals surface area contributed by atoms with E-state index in [4.69, 9.17) is 9.47 Å². The van der Waals surface area contributed by atoms with Crippen molar-refractivity contribution in [2.24, 2.45) is 0 Å². The average molecular weight is 361 g/mol. The summed E-state index contributed by atoms with van der Waals surface area (Å²) < 4.78 is 10.4. The number of fused-ring (bicyclic) bond motifs is 1. The van der Waals surface area contributed by atoms with Crippen molar-refractivity contribution in [2.45, 2.75) is 39.2 Å². The van der Waals surface area contributed by atoms with E-state index in [2.05, 4.69) is 15.6 Å². The second-order valence-corrected chi connectivity index (χ2v) is 7.03. The minimum absolute atomic E-state index is 0.0639. The highest BCUT2D eigenvalue weighted by Crippen LogP contribution is 2.23. The molecule has 0 fully saturated rings. The quantitative estimate of drug-likeness (QED) is 0.661. The van der Waals surface area contributed by atoms with Crippen LogP contribution in [0.15, 0.2) is 24.4 Å². The lowest BCUT2D eigenvalue weighted by Crippen LogP contribution is -2.34. The topological polar surface area (TPSA) is 92.5 Å². The molecular formula is C19H27N3O4. The van der Waals surface area contributed by atoms with Gasteiger partial charge in [-0.25, -0.2) is 4.79 Å². The number of nitrogens with one attached hydrogen (secondary N) is 3. The number of ether oxygens (including phenoxy) is 2. The third-order valence-corrected chi connectivity index (χ3v) is 3.67. The fourth-order valence-electron chi connectivity index (χ4n) is 2.49. The number of amides is 2. The summed E-state index contributed by atoms with van der Waals surface area (Å²) in [5, 5.41) is 6.50. The Morgan fingerprint density at radius 1 is 1.15 bits per heavy atom. The van der Waals surface area contributed by atoms with E-state index in [1.807, 2.05) is 45.2 Å². The van der Waals surface area contributed by atoms with Gasteiger partial charge in [0.05, 0.1) is 13.5 Å². The first kappa shape index (κ1) is 19.6. The number of aromatic amines is 1. The normalized spacial score (nSPS) is 11.2. The maximum absolute atomic E-state index is 12.1. The molecule has 1 aromatic heterocycles. The highest BCUT2D eigenvalue weighted by Gasteiger charge is 2.15. The van der Waals surface area contributed by atoms with Crippen molar-refractivity contribution in [1.29, 1.82) is 0 Å². The Balaban J connectivity index is 1.73. The van der Waals surface area contributed by atoms with Crippen LogP contribution in [0.25, 0.3) is 10.9 Å².